The van der Waals surface area contributed by atoms with E-state index in [1.54, 1.807) is 18.2 Å². The molecular formula is C19H18N2O3. The second-order valence-electron chi connectivity index (χ2n) is 5.89. The first-order valence-electron chi connectivity index (χ1n) is 7.86. The van der Waals surface area contributed by atoms with E-state index in [0.717, 1.165) is 13.1 Å². The fourth-order valence-electron chi connectivity index (χ4n) is 2.86. The standard InChI is InChI=1S/C19H18N2O3/c22-19-9-10-20(13-15-5-2-1-3-6-15)14-17(19)11-16-7-4-8-18(12-16)21(23)24/h1-8,11-12H,9-10,13-14H2/b17-11+. The first-order valence-corrected chi connectivity index (χ1v) is 7.86. The van der Waals surface area contributed by atoms with Gasteiger partial charge in [0.15, 0.2) is 5.78 Å². The number of hydrogen-bond acceptors (Lipinski definition) is 4. The van der Waals surface area contributed by atoms with Crippen LogP contribution in [0.25, 0.3) is 6.08 Å². The highest BCUT2D eigenvalue weighted by Gasteiger charge is 2.21. The van der Waals surface area contributed by atoms with Crippen molar-refractivity contribution in [1.29, 1.82) is 0 Å². The van der Waals surface area contributed by atoms with Gasteiger partial charge in [0, 0.05) is 43.8 Å². The van der Waals surface area contributed by atoms with Gasteiger partial charge in [-0.3, -0.25) is 19.8 Å². The molecule has 1 saturated heterocycles. The number of carbonyl (C=O) groups excluding carboxylic acids is 1. The molecule has 1 aliphatic heterocycles. The molecule has 1 heterocycles. The number of nitrogens with zero attached hydrogens (tertiary/aromatic N) is 2. The summed E-state index contributed by atoms with van der Waals surface area (Å²) in [7, 11) is 0. The summed E-state index contributed by atoms with van der Waals surface area (Å²) in [6, 6.07) is 16.5. The summed E-state index contributed by atoms with van der Waals surface area (Å²) in [5, 5.41) is 10.9. The van der Waals surface area contributed by atoms with Crippen molar-refractivity contribution in [2.45, 2.75) is 13.0 Å². The summed E-state index contributed by atoms with van der Waals surface area (Å²) in [4.78, 5) is 24.9. The quantitative estimate of drug-likeness (QED) is 0.491. The van der Waals surface area contributed by atoms with Gasteiger partial charge in [0.05, 0.1) is 4.92 Å². The molecule has 0 N–H and O–H groups in total. The van der Waals surface area contributed by atoms with Gasteiger partial charge in [-0.05, 0) is 17.2 Å². The van der Waals surface area contributed by atoms with Gasteiger partial charge in [0.2, 0.25) is 0 Å². The lowest BCUT2D eigenvalue weighted by Gasteiger charge is -2.27. The van der Waals surface area contributed by atoms with Crippen LogP contribution in [-0.2, 0) is 11.3 Å². The van der Waals surface area contributed by atoms with Gasteiger partial charge in [-0.2, -0.15) is 0 Å². The Balaban J connectivity index is 1.77. The molecule has 0 unspecified atom stereocenters. The Bertz CT molecular complexity index is 784. The van der Waals surface area contributed by atoms with Crippen LogP contribution in [0.3, 0.4) is 0 Å². The zero-order chi connectivity index (χ0) is 16.9. The van der Waals surface area contributed by atoms with Crippen LogP contribution in [0.5, 0.6) is 0 Å². The largest absolute Gasteiger partial charge is 0.294 e. The van der Waals surface area contributed by atoms with E-state index in [2.05, 4.69) is 17.0 Å². The molecule has 0 aromatic heterocycles. The lowest BCUT2D eigenvalue weighted by atomic mass is 9.99. The number of piperidine rings is 1. The van der Waals surface area contributed by atoms with Crippen molar-refractivity contribution in [3.05, 3.63) is 81.4 Å². The zero-order valence-electron chi connectivity index (χ0n) is 13.2. The molecule has 0 amide bonds. The molecule has 0 atom stereocenters. The lowest BCUT2D eigenvalue weighted by molar-refractivity contribution is -0.384. The maximum Gasteiger partial charge on any atom is 0.270 e. The van der Waals surface area contributed by atoms with E-state index in [9.17, 15) is 14.9 Å². The minimum atomic E-state index is -0.424. The van der Waals surface area contributed by atoms with Gasteiger partial charge in [-0.25, -0.2) is 0 Å². The number of likely N-dealkylation sites (tertiary alicyclic amines) is 1. The molecule has 3 rings (SSSR count). The summed E-state index contributed by atoms with van der Waals surface area (Å²) in [5.41, 5.74) is 2.64. The van der Waals surface area contributed by atoms with Gasteiger partial charge >= 0.3 is 0 Å². The number of non-ortho nitro benzene ring substituents is 1. The summed E-state index contributed by atoms with van der Waals surface area (Å²) >= 11 is 0. The van der Waals surface area contributed by atoms with E-state index in [4.69, 9.17) is 0 Å². The van der Waals surface area contributed by atoms with Crippen molar-refractivity contribution in [2.24, 2.45) is 0 Å². The minimum Gasteiger partial charge on any atom is -0.294 e. The van der Waals surface area contributed by atoms with E-state index in [0.29, 0.717) is 24.1 Å². The summed E-state index contributed by atoms with van der Waals surface area (Å²) in [6.45, 7) is 2.09. The fraction of sp³-hybridized carbons (Fsp3) is 0.211. The summed E-state index contributed by atoms with van der Waals surface area (Å²) in [6.07, 6.45) is 2.25. The summed E-state index contributed by atoms with van der Waals surface area (Å²) in [5.74, 6) is 0.116. The molecule has 5 heteroatoms. The number of ketones is 1. The third-order valence-corrected chi connectivity index (χ3v) is 4.08. The number of carbonyl (C=O) groups is 1. The van der Waals surface area contributed by atoms with E-state index in [1.165, 1.54) is 17.7 Å². The predicted molar refractivity (Wildman–Crippen MR) is 92.4 cm³/mol. The van der Waals surface area contributed by atoms with Crippen molar-refractivity contribution < 1.29 is 9.72 Å². The molecule has 0 spiro atoms. The van der Waals surface area contributed by atoms with Crippen LogP contribution in [0.2, 0.25) is 0 Å². The van der Waals surface area contributed by atoms with Gasteiger partial charge in [-0.15, -0.1) is 0 Å². The zero-order valence-corrected chi connectivity index (χ0v) is 13.2. The smallest absolute Gasteiger partial charge is 0.270 e. The Hall–Kier alpha value is -2.79. The highest BCUT2D eigenvalue weighted by atomic mass is 16.6. The van der Waals surface area contributed by atoms with Crippen LogP contribution in [0.15, 0.2) is 60.2 Å². The highest BCUT2D eigenvalue weighted by Crippen LogP contribution is 2.20. The molecule has 0 radical (unpaired) electrons. The highest BCUT2D eigenvalue weighted by molar-refractivity contribution is 6.00. The lowest BCUT2D eigenvalue weighted by Crippen LogP contribution is -2.35. The van der Waals surface area contributed by atoms with Crippen molar-refractivity contribution in [3.8, 4) is 0 Å². The Labute approximate surface area is 140 Å². The average Bonchev–Trinajstić information content (AvgIpc) is 2.59. The van der Waals surface area contributed by atoms with Crippen LogP contribution in [0.1, 0.15) is 17.5 Å². The van der Waals surface area contributed by atoms with Gasteiger partial charge in [0.1, 0.15) is 0 Å². The minimum absolute atomic E-state index is 0.0359. The molecule has 1 fully saturated rings. The number of Topliss-reactive ketones (excluding diaryl/α,β-unsaturated/α-hetero) is 1. The third-order valence-electron chi connectivity index (χ3n) is 4.08. The maximum atomic E-state index is 12.2. The summed E-state index contributed by atoms with van der Waals surface area (Å²) < 4.78 is 0. The molecule has 2 aromatic rings. The van der Waals surface area contributed by atoms with E-state index >= 15 is 0 Å². The number of rotatable bonds is 4. The van der Waals surface area contributed by atoms with Crippen molar-refractivity contribution in [3.63, 3.8) is 0 Å². The number of hydrogen-bond donors (Lipinski definition) is 0. The molecule has 0 aliphatic carbocycles. The third kappa shape index (κ3) is 3.94. The van der Waals surface area contributed by atoms with Crippen molar-refractivity contribution in [1.82, 2.24) is 4.90 Å². The monoisotopic (exact) mass is 322 g/mol. The van der Waals surface area contributed by atoms with Crippen LogP contribution in [0.4, 0.5) is 5.69 Å². The van der Waals surface area contributed by atoms with Crippen LogP contribution < -0.4 is 0 Å². The molecule has 24 heavy (non-hydrogen) atoms. The molecular weight excluding hydrogens is 304 g/mol. The van der Waals surface area contributed by atoms with E-state index in [1.807, 2.05) is 18.2 Å². The van der Waals surface area contributed by atoms with Crippen molar-refractivity contribution >= 4 is 17.5 Å². The van der Waals surface area contributed by atoms with Crippen LogP contribution in [0, 0.1) is 10.1 Å². The second kappa shape index (κ2) is 7.19. The first-order chi connectivity index (χ1) is 11.6. The van der Waals surface area contributed by atoms with Crippen LogP contribution in [-0.4, -0.2) is 28.7 Å². The molecule has 5 nitrogen and oxygen atoms in total. The molecule has 0 bridgehead atoms. The SMILES string of the molecule is O=C1CCN(Cc2ccccc2)C/C1=C\c1cccc([N+](=O)[O-])c1. The predicted octanol–water partition coefficient (Wildman–Crippen LogP) is 3.45. The first kappa shape index (κ1) is 16.1. The fourth-order valence-corrected chi connectivity index (χ4v) is 2.86. The number of nitro benzene ring substituents is 1. The molecule has 2 aromatic carbocycles. The van der Waals surface area contributed by atoms with Gasteiger partial charge < -0.3 is 0 Å². The Kier molecular flexibility index (Phi) is 4.82. The average molecular weight is 322 g/mol. The molecule has 0 saturated carbocycles. The van der Waals surface area contributed by atoms with Gasteiger partial charge in [-0.1, -0.05) is 42.5 Å². The Morgan fingerprint density at radius 1 is 1.12 bits per heavy atom. The van der Waals surface area contributed by atoms with Gasteiger partial charge in [0.25, 0.3) is 5.69 Å². The van der Waals surface area contributed by atoms with Crippen LogP contribution >= 0.6 is 0 Å². The topological polar surface area (TPSA) is 63.5 Å². The molecule has 122 valence electrons. The number of benzene rings is 2. The van der Waals surface area contributed by atoms with Crippen molar-refractivity contribution in [2.75, 3.05) is 13.1 Å². The van der Waals surface area contributed by atoms with E-state index < -0.39 is 4.92 Å². The number of nitro groups is 1. The second-order valence-corrected chi connectivity index (χ2v) is 5.89. The normalized spacial score (nSPS) is 17.2. The Morgan fingerprint density at radius 3 is 2.67 bits per heavy atom. The Morgan fingerprint density at radius 2 is 1.92 bits per heavy atom. The maximum absolute atomic E-state index is 12.2. The molecule has 1 aliphatic rings. The van der Waals surface area contributed by atoms with E-state index in [-0.39, 0.29) is 11.5 Å².